The van der Waals surface area contributed by atoms with Crippen molar-refractivity contribution in [2.75, 3.05) is 21.3 Å². The Hall–Kier alpha value is -0.640. The Morgan fingerprint density at radius 2 is 1.79 bits per heavy atom. The highest BCUT2D eigenvalue weighted by molar-refractivity contribution is 7.54. The van der Waals surface area contributed by atoms with Crippen LogP contribution in [0.3, 0.4) is 0 Å². The van der Waals surface area contributed by atoms with Crippen LogP contribution in [-0.2, 0) is 23.1 Å². The van der Waals surface area contributed by atoms with Crippen molar-refractivity contribution in [2.24, 2.45) is 0 Å². The zero-order chi connectivity index (χ0) is 11.2. The second-order valence-corrected chi connectivity index (χ2v) is 5.15. The van der Waals surface area contributed by atoms with Crippen LogP contribution < -0.4 is 0 Å². The van der Waals surface area contributed by atoms with Gasteiger partial charge in [0.1, 0.15) is 0 Å². The molecule has 82 valence electrons. The minimum Gasteiger partial charge on any atom is -0.466 e. The Kier molecular flexibility index (Phi) is 5.69. The number of esters is 1. The average Bonchev–Trinajstić information content (AvgIpc) is 2.23. The van der Waals surface area contributed by atoms with E-state index in [0.717, 1.165) is 0 Å². The molecule has 14 heavy (non-hydrogen) atoms. The summed E-state index contributed by atoms with van der Waals surface area (Å²) in [5, 5.41) is 0. The summed E-state index contributed by atoms with van der Waals surface area (Å²) < 4.78 is 25.6. The van der Waals surface area contributed by atoms with Crippen LogP contribution >= 0.6 is 7.60 Å². The Balaban J connectivity index is 4.47. The average molecular weight is 222 g/mol. The van der Waals surface area contributed by atoms with Crippen LogP contribution in [0.1, 0.15) is 6.92 Å². The Morgan fingerprint density at radius 3 is 2.14 bits per heavy atom. The van der Waals surface area contributed by atoms with E-state index in [-0.39, 0.29) is 0 Å². The fraction of sp³-hybridized carbons (Fsp3) is 0.625. The first kappa shape index (κ1) is 13.4. The van der Waals surface area contributed by atoms with Crippen molar-refractivity contribution >= 4 is 13.6 Å². The normalized spacial score (nSPS) is 14.3. The molecule has 0 aliphatic heterocycles. The molecule has 6 heteroatoms. The van der Waals surface area contributed by atoms with Crippen molar-refractivity contribution in [1.29, 1.82) is 0 Å². The molecule has 0 rings (SSSR count). The van der Waals surface area contributed by atoms with Gasteiger partial charge in [-0.25, -0.2) is 4.79 Å². The van der Waals surface area contributed by atoms with E-state index < -0.39 is 19.2 Å². The summed E-state index contributed by atoms with van der Waals surface area (Å²) in [5.74, 6) is -0.504. The highest BCUT2D eigenvalue weighted by atomic mass is 31.2. The summed E-state index contributed by atoms with van der Waals surface area (Å²) in [6.45, 7) is 1.63. The summed E-state index contributed by atoms with van der Waals surface area (Å²) in [6.07, 6.45) is 2.62. The van der Waals surface area contributed by atoms with Crippen LogP contribution in [0.4, 0.5) is 0 Å². The second-order valence-electron chi connectivity index (χ2n) is 2.53. The molecule has 0 N–H and O–H groups in total. The van der Waals surface area contributed by atoms with Gasteiger partial charge in [0.2, 0.25) is 0 Å². The smallest absolute Gasteiger partial charge is 0.336 e. The lowest BCUT2D eigenvalue weighted by Gasteiger charge is -2.17. The molecule has 0 radical (unpaired) electrons. The molecule has 1 unspecified atom stereocenters. The first-order valence-electron chi connectivity index (χ1n) is 3.97. The van der Waals surface area contributed by atoms with E-state index in [9.17, 15) is 9.36 Å². The third kappa shape index (κ3) is 3.62. The quantitative estimate of drug-likeness (QED) is 0.401. The Labute approximate surface area is 83.6 Å². The molecule has 0 aromatic heterocycles. The second kappa shape index (κ2) is 5.96. The lowest BCUT2D eigenvalue weighted by atomic mass is 10.4. The largest absolute Gasteiger partial charge is 0.466 e. The minimum absolute atomic E-state index is 0.489. The van der Waals surface area contributed by atoms with Crippen molar-refractivity contribution in [3.8, 4) is 0 Å². The molecule has 0 aliphatic carbocycles. The van der Waals surface area contributed by atoms with Crippen molar-refractivity contribution < 1.29 is 23.1 Å². The number of carbonyl (C=O) groups is 1. The maximum absolute atomic E-state index is 11.7. The number of hydrogen-bond donors (Lipinski definition) is 0. The summed E-state index contributed by atoms with van der Waals surface area (Å²) in [5.41, 5.74) is -0.489. The van der Waals surface area contributed by atoms with Gasteiger partial charge in [-0.1, -0.05) is 6.08 Å². The molecule has 0 fully saturated rings. The fourth-order valence-electron chi connectivity index (χ4n) is 0.798. The molecule has 0 amide bonds. The highest BCUT2D eigenvalue weighted by Crippen LogP contribution is 2.51. The van der Waals surface area contributed by atoms with E-state index in [2.05, 4.69) is 4.74 Å². The summed E-state index contributed by atoms with van der Waals surface area (Å²) in [7, 11) is 0.731. The van der Waals surface area contributed by atoms with Gasteiger partial charge in [-0.05, 0) is 6.92 Å². The topological polar surface area (TPSA) is 61.8 Å². The fourth-order valence-corrected chi connectivity index (χ4v) is 1.91. The van der Waals surface area contributed by atoms with Gasteiger partial charge >= 0.3 is 13.6 Å². The van der Waals surface area contributed by atoms with E-state index in [1.807, 2.05) is 0 Å². The monoisotopic (exact) mass is 222 g/mol. The van der Waals surface area contributed by atoms with Gasteiger partial charge in [-0.15, -0.1) is 0 Å². The van der Waals surface area contributed by atoms with E-state index in [0.29, 0.717) is 0 Å². The molecular formula is C8H15O5P. The molecule has 0 aromatic carbocycles. The molecule has 0 heterocycles. The molecule has 0 aliphatic rings. The molecule has 1 atom stereocenters. The predicted octanol–water partition coefficient (Wildman–Crippen LogP) is 1.59. The van der Waals surface area contributed by atoms with Crippen LogP contribution in [-0.4, -0.2) is 33.0 Å². The molecule has 0 aromatic rings. The molecular weight excluding hydrogens is 207 g/mol. The standard InChI is InChI=1S/C8H15O5P/c1-7(5-6-8(9)11-2)14(10,12-3)13-4/h5-7H,1-4H3/b6-5+. The number of carbonyl (C=O) groups excluding carboxylic acids is 1. The van der Waals surface area contributed by atoms with Gasteiger partial charge in [0.15, 0.2) is 0 Å². The Bertz CT molecular complexity index is 252. The maximum Gasteiger partial charge on any atom is 0.336 e. The summed E-state index contributed by atoms with van der Waals surface area (Å²) in [4.78, 5) is 10.7. The van der Waals surface area contributed by atoms with Gasteiger partial charge in [0.25, 0.3) is 0 Å². The van der Waals surface area contributed by atoms with Crippen LogP contribution in [0.15, 0.2) is 12.2 Å². The highest BCUT2D eigenvalue weighted by Gasteiger charge is 2.27. The van der Waals surface area contributed by atoms with E-state index in [1.165, 1.54) is 33.5 Å². The Morgan fingerprint density at radius 1 is 1.29 bits per heavy atom. The van der Waals surface area contributed by atoms with E-state index in [4.69, 9.17) is 9.05 Å². The number of hydrogen-bond acceptors (Lipinski definition) is 5. The third-order valence-electron chi connectivity index (χ3n) is 1.72. The van der Waals surface area contributed by atoms with E-state index >= 15 is 0 Å². The molecule has 5 nitrogen and oxygen atoms in total. The van der Waals surface area contributed by atoms with Crippen LogP contribution in [0.5, 0.6) is 0 Å². The van der Waals surface area contributed by atoms with Gasteiger partial charge in [0, 0.05) is 20.3 Å². The zero-order valence-electron chi connectivity index (χ0n) is 8.72. The van der Waals surface area contributed by atoms with Crippen molar-refractivity contribution in [3.63, 3.8) is 0 Å². The van der Waals surface area contributed by atoms with E-state index in [1.54, 1.807) is 6.92 Å². The molecule has 0 spiro atoms. The van der Waals surface area contributed by atoms with Gasteiger partial charge < -0.3 is 13.8 Å². The lowest BCUT2D eigenvalue weighted by Crippen LogP contribution is -2.05. The lowest BCUT2D eigenvalue weighted by molar-refractivity contribution is -0.134. The van der Waals surface area contributed by atoms with Gasteiger partial charge in [-0.3, -0.25) is 4.57 Å². The third-order valence-corrected chi connectivity index (χ3v) is 3.91. The SMILES string of the molecule is COC(=O)/C=C/C(C)P(=O)(OC)OC. The van der Waals surface area contributed by atoms with Crippen LogP contribution in [0, 0.1) is 0 Å². The number of methoxy groups -OCH3 is 1. The predicted molar refractivity (Wildman–Crippen MR) is 52.2 cm³/mol. The first-order chi connectivity index (χ1) is 6.50. The summed E-state index contributed by atoms with van der Waals surface area (Å²) in [6, 6.07) is 0. The number of rotatable bonds is 5. The minimum atomic E-state index is -3.13. The van der Waals surface area contributed by atoms with Crippen molar-refractivity contribution in [3.05, 3.63) is 12.2 Å². The zero-order valence-corrected chi connectivity index (χ0v) is 9.61. The van der Waals surface area contributed by atoms with Crippen LogP contribution in [0.2, 0.25) is 0 Å². The first-order valence-corrected chi connectivity index (χ1v) is 5.58. The maximum atomic E-state index is 11.7. The number of ether oxygens (including phenoxy) is 1. The van der Waals surface area contributed by atoms with Crippen LogP contribution in [0.25, 0.3) is 0 Å². The van der Waals surface area contributed by atoms with Crippen molar-refractivity contribution in [2.45, 2.75) is 12.6 Å². The van der Waals surface area contributed by atoms with Gasteiger partial charge in [0.05, 0.1) is 12.8 Å². The summed E-state index contributed by atoms with van der Waals surface area (Å²) >= 11 is 0. The van der Waals surface area contributed by atoms with Crippen molar-refractivity contribution in [1.82, 2.24) is 0 Å². The molecule has 0 saturated carbocycles. The van der Waals surface area contributed by atoms with Gasteiger partial charge in [-0.2, -0.15) is 0 Å². The molecule has 0 bridgehead atoms. The molecule has 0 saturated heterocycles. The number of allylic oxidation sites excluding steroid dienone is 1.